The number of aliphatic hydroxyl groups is 1. The fraction of sp³-hybridized carbons (Fsp3) is 0.550. The zero-order valence-electron chi connectivity index (χ0n) is 16.1. The number of hydrogen-bond acceptors (Lipinski definition) is 7. The molecular weight excluding hydrogens is 344 g/mol. The molecule has 7 heteroatoms. The molecule has 1 saturated heterocycles. The third-order valence-corrected chi connectivity index (χ3v) is 5.24. The minimum atomic E-state index is -0.139. The molecule has 7 nitrogen and oxygen atoms in total. The highest BCUT2D eigenvalue weighted by Crippen LogP contribution is 2.36. The molecule has 2 heterocycles. The van der Waals surface area contributed by atoms with Crippen molar-refractivity contribution in [3.05, 3.63) is 35.9 Å². The Labute approximate surface area is 160 Å². The van der Waals surface area contributed by atoms with Gasteiger partial charge in [0.05, 0.1) is 20.8 Å². The molecule has 2 aromatic rings. The molecule has 1 atom stereocenters. The summed E-state index contributed by atoms with van der Waals surface area (Å²) >= 11 is 0. The maximum Gasteiger partial charge on any atom is 0.324 e. The minimum absolute atomic E-state index is 0.139. The SMILES string of the molecule is COc1nc(OC)nc(N2CCCC(CO)(CCCc3ccccc3)C2)n1. The molecule has 0 bridgehead atoms. The molecule has 0 aliphatic carbocycles. The summed E-state index contributed by atoms with van der Waals surface area (Å²) in [5.41, 5.74) is 1.20. The summed E-state index contributed by atoms with van der Waals surface area (Å²) in [6.45, 7) is 1.73. The fourth-order valence-electron chi connectivity index (χ4n) is 3.75. The molecular formula is C20H28N4O3. The lowest BCUT2D eigenvalue weighted by Gasteiger charge is -2.42. The monoisotopic (exact) mass is 372 g/mol. The molecule has 1 unspecified atom stereocenters. The second kappa shape index (κ2) is 8.99. The summed E-state index contributed by atoms with van der Waals surface area (Å²) in [6.07, 6.45) is 5.03. The number of rotatable bonds is 8. The van der Waals surface area contributed by atoms with E-state index in [9.17, 15) is 5.11 Å². The van der Waals surface area contributed by atoms with Crippen LogP contribution in [0.1, 0.15) is 31.2 Å². The first kappa shape index (κ1) is 19.4. The van der Waals surface area contributed by atoms with E-state index < -0.39 is 0 Å². The topological polar surface area (TPSA) is 80.6 Å². The number of anilines is 1. The summed E-state index contributed by atoms with van der Waals surface area (Å²) in [4.78, 5) is 14.9. The smallest absolute Gasteiger partial charge is 0.324 e. The molecule has 27 heavy (non-hydrogen) atoms. The van der Waals surface area contributed by atoms with Gasteiger partial charge >= 0.3 is 12.0 Å². The number of aliphatic hydroxyl groups excluding tert-OH is 1. The van der Waals surface area contributed by atoms with E-state index in [1.807, 2.05) is 6.07 Å². The van der Waals surface area contributed by atoms with E-state index in [4.69, 9.17) is 9.47 Å². The van der Waals surface area contributed by atoms with Crippen molar-refractivity contribution >= 4 is 5.95 Å². The molecule has 0 amide bonds. The number of hydrogen-bond donors (Lipinski definition) is 1. The molecule has 0 radical (unpaired) electrons. The summed E-state index contributed by atoms with van der Waals surface area (Å²) in [5, 5.41) is 10.2. The van der Waals surface area contributed by atoms with Crippen LogP contribution in [-0.2, 0) is 6.42 Å². The maximum absolute atomic E-state index is 10.2. The van der Waals surface area contributed by atoms with Gasteiger partial charge < -0.3 is 19.5 Å². The van der Waals surface area contributed by atoms with E-state index in [0.29, 0.717) is 12.5 Å². The Bertz CT molecular complexity index is 706. The largest absolute Gasteiger partial charge is 0.467 e. The quantitative estimate of drug-likeness (QED) is 0.762. The minimum Gasteiger partial charge on any atom is -0.467 e. The molecule has 1 aliphatic heterocycles. The normalized spacial score (nSPS) is 19.7. The van der Waals surface area contributed by atoms with Gasteiger partial charge in [-0.1, -0.05) is 30.3 Å². The molecule has 1 N–H and O–H groups in total. The second-order valence-corrected chi connectivity index (χ2v) is 7.13. The Kier molecular flexibility index (Phi) is 6.45. The van der Waals surface area contributed by atoms with Crippen molar-refractivity contribution in [2.45, 2.75) is 32.1 Å². The number of methoxy groups -OCH3 is 2. The van der Waals surface area contributed by atoms with Gasteiger partial charge in [-0.25, -0.2) is 0 Å². The van der Waals surface area contributed by atoms with Gasteiger partial charge in [0.2, 0.25) is 5.95 Å². The number of benzene rings is 1. The van der Waals surface area contributed by atoms with Crippen LogP contribution < -0.4 is 14.4 Å². The maximum atomic E-state index is 10.2. The van der Waals surface area contributed by atoms with Crippen LogP contribution in [-0.4, -0.2) is 54.0 Å². The molecule has 1 aromatic carbocycles. The molecule has 0 saturated carbocycles. The van der Waals surface area contributed by atoms with Crippen molar-refractivity contribution in [3.8, 4) is 12.0 Å². The van der Waals surface area contributed by atoms with Gasteiger partial charge in [-0.3, -0.25) is 0 Å². The number of aromatic nitrogens is 3. The third kappa shape index (κ3) is 4.86. The first-order chi connectivity index (χ1) is 13.2. The van der Waals surface area contributed by atoms with E-state index >= 15 is 0 Å². The van der Waals surface area contributed by atoms with Crippen LogP contribution in [0.4, 0.5) is 5.95 Å². The van der Waals surface area contributed by atoms with Gasteiger partial charge in [0.25, 0.3) is 0 Å². The van der Waals surface area contributed by atoms with Crippen molar-refractivity contribution in [1.29, 1.82) is 0 Å². The number of nitrogens with zero attached hydrogens (tertiary/aromatic N) is 4. The predicted molar refractivity (Wildman–Crippen MR) is 103 cm³/mol. The van der Waals surface area contributed by atoms with Crippen molar-refractivity contribution in [1.82, 2.24) is 15.0 Å². The van der Waals surface area contributed by atoms with Crippen molar-refractivity contribution < 1.29 is 14.6 Å². The van der Waals surface area contributed by atoms with Crippen LogP contribution in [0.5, 0.6) is 12.0 Å². The van der Waals surface area contributed by atoms with Gasteiger partial charge in [-0.05, 0) is 37.7 Å². The van der Waals surface area contributed by atoms with Gasteiger partial charge in [0, 0.05) is 18.5 Å². The second-order valence-electron chi connectivity index (χ2n) is 7.13. The van der Waals surface area contributed by atoms with Crippen molar-refractivity contribution in [2.24, 2.45) is 5.41 Å². The Hall–Kier alpha value is -2.41. The summed E-state index contributed by atoms with van der Waals surface area (Å²) in [7, 11) is 3.05. The van der Waals surface area contributed by atoms with Crippen LogP contribution in [0, 0.1) is 5.41 Å². The Balaban J connectivity index is 1.69. The number of piperidine rings is 1. The van der Waals surface area contributed by atoms with E-state index in [1.165, 1.54) is 19.8 Å². The zero-order chi connectivity index (χ0) is 19.1. The van der Waals surface area contributed by atoms with Crippen LogP contribution in [0.3, 0.4) is 0 Å². The van der Waals surface area contributed by atoms with Gasteiger partial charge in [0.15, 0.2) is 0 Å². The van der Waals surface area contributed by atoms with E-state index in [2.05, 4.69) is 44.1 Å². The predicted octanol–water partition coefficient (Wildman–Crippen LogP) is 2.49. The molecule has 1 fully saturated rings. The average molecular weight is 372 g/mol. The van der Waals surface area contributed by atoms with Crippen LogP contribution >= 0.6 is 0 Å². The highest BCUT2D eigenvalue weighted by molar-refractivity contribution is 5.33. The molecule has 146 valence electrons. The molecule has 1 aliphatic rings. The third-order valence-electron chi connectivity index (χ3n) is 5.24. The van der Waals surface area contributed by atoms with Crippen LogP contribution in [0.25, 0.3) is 0 Å². The fourth-order valence-corrected chi connectivity index (χ4v) is 3.75. The van der Waals surface area contributed by atoms with E-state index in [0.717, 1.165) is 38.6 Å². The van der Waals surface area contributed by atoms with E-state index in [1.54, 1.807) is 0 Å². The molecule has 1 aromatic heterocycles. The van der Waals surface area contributed by atoms with Crippen LogP contribution in [0.15, 0.2) is 30.3 Å². The van der Waals surface area contributed by atoms with Gasteiger partial charge in [-0.15, -0.1) is 4.98 Å². The zero-order valence-corrected chi connectivity index (χ0v) is 16.1. The lowest BCUT2D eigenvalue weighted by Crippen LogP contribution is -2.46. The Morgan fingerprint density at radius 3 is 2.41 bits per heavy atom. The number of aryl methyl sites for hydroxylation is 1. The lowest BCUT2D eigenvalue weighted by molar-refractivity contribution is 0.0935. The highest BCUT2D eigenvalue weighted by Gasteiger charge is 2.35. The van der Waals surface area contributed by atoms with E-state index in [-0.39, 0.29) is 24.0 Å². The number of ether oxygens (including phenoxy) is 2. The first-order valence-corrected chi connectivity index (χ1v) is 9.42. The van der Waals surface area contributed by atoms with Crippen LogP contribution in [0.2, 0.25) is 0 Å². The lowest BCUT2D eigenvalue weighted by atomic mass is 9.76. The van der Waals surface area contributed by atoms with Gasteiger partial charge in [-0.2, -0.15) is 9.97 Å². The van der Waals surface area contributed by atoms with Gasteiger partial charge in [0.1, 0.15) is 0 Å². The Morgan fingerprint density at radius 2 is 1.78 bits per heavy atom. The Morgan fingerprint density at radius 1 is 1.07 bits per heavy atom. The molecule has 0 spiro atoms. The average Bonchev–Trinajstić information content (AvgIpc) is 2.74. The van der Waals surface area contributed by atoms with Crippen molar-refractivity contribution in [3.63, 3.8) is 0 Å². The first-order valence-electron chi connectivity index (χ1n) is 9.42. The standard InChI is InChI=1S/C20H28N4O3/c1-26-18-21-17(22-19(23-18)27-2)24-13-7-12-20(14-24,15-25)11-6-10-16-8-4-3-5-9-16/h3-5,8-9,25H,6-7,10-15H2,1-2H3. The summed E-state index contributed by atoms with van der Waals surface area (Å²) < 4.78 is 10.3. The highest BCUT2D eigenvalue weighted by atomic mass is 16.5. The summed E-state index contributed by atoms with van der Waals surface area (Å²) in [5.74, 6) is 0.541. The van der Waals surface area contributed by atoms with Crippen molar-refractivity contribution in [2.75, 3.05) is 38.8 Å². The molecule has 3 rings (SSSR count). The summed E-state index contributed by atoms with van der Waals surface area (Å²) in [6, 6.07) is 11.0.